The molecule has 1 aliphatic rings. The molecule has 2 atom stereocenters. The SMILES string of the molecule is CCC(=O)N1C(c2cnc[nH]2)c2[nH]c3ccccc3c2C[C@H]1C(=O)OC. The Morgan fingerprint density at radius 1 is 1.35 bits per heavy atom. The van der Waals surface area contributed by atoms with Crippen molar-refractivity contribution in [1.29, 1.82) is 0 Å². The van der Waals surface area contributed by atoms with Crippen molar-refractivity contribution in [3.63, 3.8) is 0 Å². The number of esters is 1. The van der Waals surface area contributed by atoms with Gasteiger partial charge in [-0.15, -0.1) is 0 Å². The molecule has 0 spiro atoms. The number of nitrogens with zero attached hydrogens (tertiary/aromatic N) is 2. The third-order valence-electron chi connectivity index (χ3n) is 5.01. The number of para-hydroxylation sites is 1. The fraction of sp³-hybridized carbons (Fsp3) is 0.316. The number of carbonyl (C=O) groups excluding carboxylic acids is 2. The Balaban J connectivity index is 1.97. The number of aromatic nitrogens is 3. The van der Waals surface area contributed by atoms with Crippen molar-refractivity contribution in [1.82, 2.24) is 19.9 Å². The van der Waals surface area contributed by atoms with Gasteiger partial charge in [0.15, 0.2) is 0 Å². The van der Waals surface area contributed by atoms with Crippen LogP contribution in [-0.2, 0) is 20.7 Å². The molecule has 0 saturated heterocycles. The van der Waals surface area contributed by atoms with Gasteiger partial charge < -0.3 is 19.6 Å². The number of benzene rings is 1. The molecule has 2 aromatic heterocycles. The molecule has 1 aromatic carbocycles. The second-order valence-corrected chi connectivity index (χ2v) is 6.37. The van der Waals surface area contributed by atoms with E-state index in [1.54, 1.807) is 24.3 Å². The average molecular weight is 352 g/mol. The highest BCUT2D eigenvalue weighted by Crippen LogP contribution is 2.40. The van der Waals surface area contributed by atoms with E-state index in [1.807, 2.05) is 24.3 Å². The number of rotatable bonds is 3. The maximum Gasteiger partial charge on any atom is 0.328 e. The molecule has 0 bridgehead atoms. The maximum atomic E-state index is 12.8. The Hall–Kier alpha value is -3.09. The van der Waals surface area contributed by atoms with Crippen molar-refractivity contribution in [3.05, 3.63) is 53.7 Å². The minimum atomic E-state index is -0.674. The molecule has 0 radical (unpaired) electrons. The summed E-state index contributed by atoms with van der Waals surface area (Å²) in [5.41, 5.74) is 3.69. The number of nitrogens with one attached hydrogen (secondary N) is 2. The number of carbonyl (C=O) groups is 2. The van der Waals surface area contributed by atoms with Crippen LogP contribution in [0, 0.1) is 0 Å². The Morgan fingerprint density at radius 3 is 2.85 bits per heavy atom. The number of hydrogen-bond acceptors (Lipinski definition) is 4. The van der Waals surface area contributed by atoms with Gasteiger partial charge >= 0.3 is 5.97 Å². The summed E-state index contributed by atoms with van der Waals surface area (Å²) in [5.74, 6) is -0.517. The monoisotopic (exact) mass is 352 g/mol. The molecule has 4 rings (SSSR count). The fourth-order valence-corrected chi connectivity index (χ4v) is 3.84. The zero-order valence-corrected chi connectivity index (χ0v) is 14.7. The molecule has 0 aliphatic carbocycles. The van der Waals surface area contributed by atoms with Crippen LogP contribution in [0.15, 0.2) is 36.8 Å². The van der Waals surface area contributed by atoms with Crippen LogP contribution in [0.3, 0.4) is 0 Å². The summed E-state index contributed by atoms with van der Waals surface area (Å²) < 4.78 is 5.02. The molecular formula is C19H20N4O3. The van der Waals surface area contributed by atoms with Crippen molar-refractivity contribution in [2.45, 2.75) is 31.8 Å². The summed E-state index contributed by atoms with van der Waals surface area (Å²) in [7, 11) is 1.35. The number of fused-ring (bicyclic) bond motifs is 3. The summed E-state index contributed by atoms with van der Waals surface area (Å²) in [6.45, 7) is 1.79. The number of aromatic amines is 2. The Kier molecular flexibility index (Phi) is 3.99. The molecule has 1 unspecified atom stereocenters. The van der Waals surface area contributed by atoms with Gasteiger partial charge in [0.05, 0.1) is 25.3 Å². The van der Waals surface area contributed by atoms with Gasteiger partial charge in [0.2, 0.25) is 5.91 Å². The average Bonchev–Trinajstić information content (AvgIpc) is 3.33. The van der Waals surface area contributed by atoms with E-state index in [1.165, 1.54) is 7.11 Å². The van der Waals surface area contributed by atoms with E-state index in [9.17, 15) is 9.59 Å². The van der Waals surface area contributed by atoms with Gasteiger partial charge in [-0.3, -0.25) is 4.79 Å². The summed E-state index contributed by atoms with van der Waals surface area (Å²) in [6, 6.07) is 6.84. The third kappa shape index (κ3) is 2.39. The van der Waals surface area contributed by atoms with Crippen LogP contribution in [0.5, 0.6) is 0 Å². The summed E-state index contributed by atoms with van der Waals surface area (Å²) >= 11 is 0. The normalized spacial score (nSPS) is 19.4. The molecule has 134 valence electrons. The summed E-state index contributed by atoms with van der Waals surface area (Å²) in [4.78, 5) is 37.6. The number of methoxy groups -OCH3 is 1. The molecule has 1 amide bonds. The van der Waals surface area contributed by atoms with Crippen LogP contribution in [0.25, 0.3) is 10.9 Å². The van der Waals surface area contributed by atoms with Gasteiger partial charge in [0.1, 0.15) is 12.1 Å². The lowest BCUT2D eigenvalue weighted by molar-refractivity contribution is -0.155. The predicted molar refractivity (Wildman–Crippen MR) is 95.4 cm³/mol. The number of amides is 1. The van der Waals surface area contributed by atoms with Crippen molar-refractivity contribution >= 4 is 22.8 Å². The van der Waals surface area contributed by atoms with Gasteiger partial charge in [-0.2, -0.15) is 0 Å². The first-order chi connectivity index (χ1) is 12.7. The van der Waals surface area contributed by atoms with E-state index in [-0.39, 0.29) is 5.91 Å². The zero-order valence-electron chi connectivity index (χ0n) is 14.7. The second kappa shape index (κ2) is 6.33. The number of ether oxygens (including phenoxy) is 1. The minimum absolute atomic E-state index is 0.107. The maximum absolute atomic E-state index is 12.8. The van der Waals surface area contributed by atoms with Crippen LogP contribution >= 0.6 is 0 Å². The Morgan fingerprint density at radius 2 is 2.15 bits per heavy atom. The van der Waals surface area contributed by atoms with Gasteiger partial charge in [-0.25, -0.2) is 9.78 Å². The predicted octanol–water partition coefficient (Wildman–Crippen LogP) is 2.32. The van der Waals surface area contributed by atoms with E-state index in [0.29, 0.717) is 12.8 Å². The first-order valence-corrected chi connectivity index (χ1v) is 8.62. The Bertz CT molecular complexity index is 960. The first kappa shape index (κ1) is 16.4. The lowest BCUT2D eigenvalue weighted by Crippen LogP contribution is -2.51. The molecule has 26 heavy (non-hydrogen) atoms. The number of hydrogen-bond donors (Lipinski definition) is 2. The van der Waals surface area contributed by atoms with Gasteiger partial charge in [-0.1, -0.05) is 25.1 Å². The van der Waals surface area contributed by atoms with E-state index in [4.69, 9.17) is 4.74 Å². The second-order valence-electron chi connectivity index (χ2n) is 6.37. The summed E-state index contributed by atoms with van der Waals surface area (Å²) in [6.07, 6.45) is 3.99. The highest BCUT2D eigenvalue weighted by atomic mass is 16.5. The van der Waals surface area contributed by atoms with Gasteiger partial charge in [0, 0.05) is 29.4 Å². The lowest BCUT2D eigenvalue weighted by Gasteiger charge is -2.40. The largest absolute Gasteiger partial charge is 0.467 e. The van der Waals surface area contributed by atoms with E-state index >= 15 is 0 Å². The molecule has 0 saturated carbocycles. The third-order valence-corrected chi connectivity index (χ3v) is 5.01. The molecule has 1 aliphatic heterocycles. The topological polar surface area (TPSA) is 91.1 Å². The standard InChI is InChI=1S/C19H20N4O3/c1-3-16(24)23-15(19(25)26-2)8-12-11-6-4-5-7-13(11)22-17(12)18(23)14-9-20-10-21-14/h4-7,9-10,15,18,22H,3,8H2,1-2H3,(H,20,21)/t15-,18?/m0/s1. The van der Waals surface area contributed by atoms with Crippen molar-refractivity contribution in [3.8, 4) is 0 Å². The number of imidazole rings is 1. The van der Waals surface area contributed by atoms with Crippen molar-refractivity contribution in [2.24, 2.45) is 0 Å². The van der Waals surface area contributed by atoms with Crippen LogP contribution in [0.1, 0.15) is 36.3 Å². The van der Waals surface area contributed by atoms with E-state index in [2.05, 4.69) is 15.0 Å². The first-order valence-electron chi connectivity index (χ1n) is 8.62. The highest BCUT2D eigenvalue weighted by Gasteiger charge is 2.44. The Labute approximate surface area is 150 Å². The molecule has 3 heterocycles. The molecule has 0 fully saturated rings. The summed E-state index contributed by atoms with van der Waals surface area (Å²) in [5, 5.41) is 1.06. The zero-order chi connectivity index (χ0) is 18.3. The highest BCUT2D eigenvalue weighted by molar-refractivity contribution is 5.90. The van der Waals surface area contributed by atoms with Crippen molar-refractivity contribution in [2.75, 3.05) is 7.11 Å². The quantitative estimate of drug-likeness (QED) is 0.708. The smallest absolute Gasteiger partial charge is 0.328 e. The van der Waals surface area contributed by atoms with E-state index < -0.39 is 18.1 Å². The van der Waals surface area contributed by atoms with Gasteiger partial charge in [-0.05, 0) is 11.6 Å². The van der Waals surface area contributed by atoms with Crippen LogP contribution in [0.2, 0.25) is 0 Å². The molecular weight excluding hydrogens is 332 g/mol. The van der Waals surface area contributed by atoms with E-state index in [0.717, 1.165) is 27.9 Å². The lowest BCUT2D eigenvalue weighted by atomic mass is 9.90. The van der Waals surface area contributed by atoms with Crippen LogP contribution in [-0.4, -0.2) is 44.9 Å². The fourth-order valence-electron chi connectivity index (χ4n) is 3.84. The molecule has 2 N–H and O–H groups in total. The minimum Gasteiger partial charge on any atom is -0.467 e. The molecule has 7 heteroatoms. The van der Waals surface area contributed by atoms with Crippen LogP contribution in [0.4, 0.5) is 0 Å². The van der Waals surface area contributed by atoms with Crippen LogP contribution < -0.4 is 0 Å². The molecule has 3 aromatic rings. The van der Waals surface area contributed by atoms with Crippen molar-refractivity contribution < 1.29 is 14.3 Å². The van der Waals surface area contributed by atoms with Gasteiger partial charge in [0.25, 0.3) is 0 Å². The number of H-pyrrole nitrogens is 2. The molecule has 7 nitrogen and oxygen atoms in total.